The first kappa shape index (κ1) is 16.9. The third-order valence-electron chi connectivity index (χ3n) is 4.92. The number of ether oxygens (including phenoxy) is 1. The van der Waals surface area contributed by atoms with Crippen molar-refractivity contribution in [2.75, 3.05) is 19.8 Å². The summed E-state index contributed by atoms with van der Waals surface area (Å²) in [5.41, 5.74) is 6.96. The molecule has 3 atom stereocenters. The number of hydrogen-bond donors (Lipinski definition) is 3. The van der Waals surface area contributed by atoms with Crippen LogP contribution in [0.3, 0.4) is 0 Å². The molecule has 2 fully saturated rings. The highest BCUT2D eigenvalue weighted by Gasteiger charge is 2.42. The fraction of sp³-hybridized carbons (Fsp3) is 0.529. The van der Waals surface area contributed by atoms with Gasteiger partial charge in [0, 0.05) is 30.1 Å². The largest absolute Gasteiger partial charge is 0.478 e. The highest BCUT2D eigenvalue weighted by atomic mass is 16.5. The van der Waals surface area contributed by atoms with Crippen LogP contribution >= 0.6 is 0 Å². The zero-order chi connectivity index (χ0) is 17.3. The maximum atomic E-state index is 13.0. The average Bonchev–Trinajstić information content (AvgIpc) is 2.93. The van der Waals surface area contributed by atoms with Crippen LogP contribution in [0.15, 0.2) is 24.3 Å². The van der Waals surface area contributed by atoms with Gasteiger partial charge in [-0.25, -0.2) is 4.79 Å². The van der Waals surface area contributed by atoms with E-state index < -0.39 is 5.97 Å². The van der Waals surface area contributed by atoms with E-state index in [0.29, 0.717) is 25.3 Å². The Morgan fingerprint density at radius 2 is 1.88 bits per heavy atom. The van der Waals surface area contributed by atoms with Gasteiger partial charge in [-0.3, -0.25) is 15.6 Å². The van der Waals surface area contributed by atoms with Gasteiger partial charge in [0.1, 0.15) is 0 Å². The zero-order valence-corrected chi connectivity index (χ0v) is 13.9. The molecule has 1 amide bonds. The number of hydrogen-bond acceptors (Lipinski definition) is 5. The minimum atomic E-state index is -1.03. The minimum absolute atomic E-state index is 0.0489. The molecule has 7 heteroatoms. The maximum absolute atomic E-state index is 13.0. The summed E-state index contributed by atoms with van der Waals surface area (Å²) in [7, 11) is 0. The molecule has 2 saturated heterocycles. The fourth-order valence-electron chi connectivity index (χ4n) is 3.70. The Morgan fingerprint density at radius 3 is 2.54 bits per heavy atom. The van der Waals surface area contributed by atoms with E-state index in [0.717, 1.165) is 0 Å². The lowest BCUT2D eigenvalue weighted by Gasteiger charge is -2.41. The van der Waals surface area contributed by atoms with E-state index in [2.05, 4.69) is 24.7 Å². The van der Waals surface area contributed by atoms with Crippen molar-refractivity contribution in [3.63, 3.8) is 0 Å². The first-order chi connectivity index (χ1) is 11.5. The van der Waals surface area contributed by atoms with Gasteiger partial charge in [-0.1, -0.05) is 6.07 Å². The van der Waals surface area contributed by atoms with Crippen molar-refractivity contribution in [3.05, 3.63) is 35.4 Å². The van der Waals surface area contributed by atoms with Crippen LogP contribution < -0.4 is 10.9 Å². The van der Waals surface area contributed by atoms with Gasteiger partial charge < -0.3 is 14.7 Å². The number of benzene rings is 1. The normalized spacial score (nSPS) is 30.3. The first-order valence-corrected chi connectivity index (χ1v) is 8.22. The first-order valence-electron chi connectivity index (χ1n) is 8.22. The molecule has 3 unspecified atom stereocenters. The fourth-order valence-corrected chi connectivity index (χ4v) is 3.70. The molecule has 24 heavy (non-hydrogen) atoms. The summed E-state index contributed by atoms with van der Waals surface area (Å²) >= 11 is 0. The molecular formula is C17H23N3O4. The summed E-state index contributed by atoms with van der Waals surface area (Å²) in [5, 5.41) is 9.13. The van der Waals surface area contributed by atoms with Crippen LogP contribution in [0.2, 0.25) is 0 Å². The van der Waals surface area contributed by atoms with E-state index in [-0.39, 0.29) is 35.5 Å². The van der Waals surface area contributed by atoms with Crippen molar-refractivity contribution in [3.8, 4) is 0 Å². The lowest BCUT2D eigenvalue weighted by atomic mass is 9.87. The van der Waals surface area contributed by atoms with E-state index in [1.54, 1.807) is 12.1 Å². The highest BCUT2D eigenvalue weighted by Crippen LogP contribution is 2.26. The number of amides is 1. The Bertz CT molecular complexity index is 626. The summed E-state index contributed by atoms with van der Waals surface area (Å²) in [6.07, 6.45) is 0. The van der Waals surface area contributed by atoms with Crippen LogP contribution in [0.1, 0.15) is 34.6 Å². The van der Waals surface area contributed by atoms with E-state index in [4.69, 9.17) is 9.84 Å². The van der Waals surface area contributed by atoms with Crippen LogP contribution in [0.4, 0.5) is 0 Å². The minimum Gasteiger partial charge on any atom is -0.478 e. The molecule has 0 spiro atoms. The molecule has 2 aliphatic heterocycles. The lowest BCUT2D eigenvalue weighted by molar-refractivity contribution is -0.0232. The zero-order valence-electron chi connectivity index (χ0n) is 13.9. The van der Waals surface area contributed by atoms with Crippen molar-refractivity contribution < 1.29 is 19.4 Å². The molecular weight excluding hydrogens is 310 g/mol. The molecule has 1 aromatic rings. The second kappa shape index (κ2) is 6.88. The Labute approximate surface area is 140 Å². The third kappa shape index (κ3) is 3.15. The van der Waals surface area contributed by atoms with Crippen molar-refractivity contribution in [2.24, 2.45) is 5.92 Å². The molecule has 2 heterocycles. The van der Waals surface area contributed by atoms with Gasteiger partial charge in [-0.2, -0.15) is 0 Å². The molecule has 0 aromatic heterocycles. The number of hydrazine groups is 1. The predicted molar refractivity (Wildman–Crippen MR) is 87.7 cm³/mol. The SMILES string of the molecule is CC1NNC(C)C1C1COCCN1C(=O)c1cccc(C(=O)O)c1. The second-order valence-electron chi connectivity index (χ2n) is 6.47. The van der Waals surface area contributed by atoms with Crippen molar-refractivity contribution in [2.45, 2.75) is 32.0 Å². The maximum Gasteiger partial charge on any atom is 0.335 e. The molecule has 0 saturated carbocycles. The lowest BCUT2D eigenvalue weighted by Crippen LogP contribution is -2.55. The monoisotopic (exact) mass is 333 g/mol. The molecule has 0 aliphatic carbocycles. The van der Waals surface area contributed by atoms with Gasteiger partial charge in [0.2, 0.25) is 0 Å². The Morgan fingerprint density at radius 1 is 1.21 bits per heavy atom. The van der Waals surface area contributed by atoms with Crippen molar-refractivity contribution in [1.82, 2.24) is 15.8 Å². The van der Waals surface area contributed by atoms with Crippen molar-refractivity contribution in [1.29, 1.82) is 0 Å². The molecule has 7 nitrogen and oxygen atoms in total. The summed E-state index contributed by atoms with van der Waals surface area (Å²) in [6, 6.07) is 6.59. The Kier molecular flexibility index (Phi) is 4.84. The number of morpholine rings is 1. The molecule has 130 valence electrons. The van der Waals surface area contributed by atoms with E-state index >= 15 is 0 Å². The smallest absolute Gasteiger partial charge is 0.335 e. The number of nitrogens with zero attached hydrogens (tertiary/aromatic N) is 1. The highest BCUT2D eigenvalue weighted by molar-refractivity contribution is 5.97. The van der Waals surface area contributed by atoms with Crippen LogP contribution in [0.5, 0.6) is 0 Å². The average molecular weight is 333 g/mol. The molecule has 3 rings (SSSR count). The van der Waals surface area contributed by atoms with E-state index in [9.17, 15) is 9.59 Å². The van der Waals surface area contributed by atoms with Gasteiger partial charge in [0.25, 0.3) is 5.91 Å². The Hall–Kier alpha value is -1.96. The van der Waals surface area contributed by atoms with Crippen LogP contribution in [-0.4, -0.2) is 59.8 Å². The number of carbonyl (C=O) groups excluding carboxylic acids is 1. The van der Waals surface area contributed by atoms with E-state index in [1.165, 1.54) is 12.1 Å². The third-order valence-corrected chi connectivity index (χ3v) is 4.92. The summed E-state index contributed by atoms with van der Waals surface area (Å²) in [5.74, 6) is -0.954. The molecule has 0 radical (unpaired) electrons. The molecule has 0 bridgehead atoms. The molecule has 1 aromatic carbocycles. The standard InChI is InChI=1S/C17H23N3O4/c1-10-15(11(2)19-18-10)14-9-24-7-6-20(14)16(21)12-4-3-5-13(8-12)17(22)23/h3-5,8,10-11,14-15,18-19H,6-7,9H2,1-2H3,(H,22,23). The van der Waals surface area contributed by atoms with Gasteiger partial charge in [-0.15, -0.1) is 0 Å². The van der Waals surface area contributed by atoms with Gasteiger partial charge in [-0.05, 0) is 32.0 Å². The number of carbonyl (C=O) groups is 2. The molecule has 2 aliphatic rings. The number of aromatic carboxylic acids is 1. The number of carboxylic acid groups (broad SMARTS) is 1. The number of nitrogens with one attached hydrogen (secondary N) is 2. The van der Waals surface area contributed by atoms with Crippen LogP contribution in [0, 0.1) is 5.92 Å². The summed E-state index contributed by atoms with van der Waals surface area (Å²) < 4.78 is 5.63. The van der Waals surface area contributed by atoms with Gasteiger partial charge >= 0.3 is 5.97 Å². The van der Waals surface area contributed by atoms with Crippen LogP contribution in [0.25, 0.3) is 0 Å². The van der Waals surface area contributed by atoms with Crippen molar-refractivity contribution >= 4 is 11.9 Å². The van der Waals surface area contributed by atoms with Gasteiger partial charge in [0.15, 0.2) is 0 Å². The van der Waals surface area contributed by atoms with Gasteiger partial charge in [0.05, 0.1) is 24.8 Å². The number of carboxylic acids is 1. The summed E-state index contributed by atoms with van der Waals surface area (Å²) in [4.78, 5) is 26.0. The molecule has 3 N–H and O–H groups in total. The second-order valence-corrected chi connectivity index (χ2v) is 6.47. The summed E-state index contributed by atoms with van der Waals surface area (Å²) in [6.45, 7) is 5.67. The Balaban J connectivity index is 1.86. The van der Waals surface area contributed by atoms with E-state index in [1.807, 2.05) is 4.90 Å². The number of rotatable bonds is 3. The predicted octanol–water partition coefficient (Wildman–Crippen LogP) is 0.727. The topological polar surface area (TPSA) is 90.9 Å². The van der Waals surface area contributed by atoms with Crippen LogP contribution in [-0.2, 0) is 4.74 Å². The quantitative estimate of drug-likeness (QED) is 0.755.